The molecular formula is C17H25ClN4O. The lowest BCUT2D eigenvalue weighted by molar-refractivity contribution is 0.0754. The van der Waals surface area contributed by atoms with Crippen molar-refractivity contribution in [3.63, 3.8) is 0 Å². The maximum Gasteiger partial charge on any atom is 0.275 e. The molecule has 2 aliphatic rings. The standard InChI is InChI=1S/C17H25ClN4O/c1-20-13-15(18)16(19-20)17(23)22-9-5-8-21(10-11-22)12-14-6-3-2-4-7-14/h2-3,13-14H,4-12H2,1H3. The van der Waals surface area contributed by atoms with Crippen LogP contribution in [0.2, 0.25) is 5.02 Å². The first kappa shape index (κ1) is 16.5. The number of hydrogen-bond donors (Lipinski definition) is 0. The SMILES string of the molecule is Cn1cc(Cl)c(C(=O)N2CCCN(CC3CC=CCC3)CC2)n1. The number of aromatic nitrogens is 2. The predicted octanol–water partition coefficient (Wildman–Crippen LogP) is 2.58. The lowest BCUT2D eigenvalue weighted by Gasteiger charge is -2.27. The second-order valence-electron chi connectivity index (χ2n) is 6.60. The zero-order valence-corrected chi connectivity index (χ0v) is 14.5. The highest BCUT2D eigenvalue weighted by molar-refractivity contribution is 6.33. The molecule has 1 fully saturated rings. The van der Waals surface area contributed by atoms with Gasteiger partial charge in [0.1, 0.15) is 0 Å². The first-order valence-electron chi connectivity index (χ1n) is 8.49. The highest BCUT2D eigenvalue weighted by Gasteiger charge is 2.25. The number of nitrogens with zero attached hydrogens (tertiary/aromatic N) is 4. The van der Waals surface area contributed by atoms with Gasteiger partial charge in [0.05, 0.1) is 5.02 Å². The third-order valence-electron chi connectivity index (χ3n) is 4.76. The largest absolute Gasteiger partial charge is 0.336 e. The quantitative estimate of drug-likeness (QED) is 0.797. The molecule has 0 saturated carbocycles. The van der Waals surface area contributed by atoms with Crippen LogP contribution in [-0.2, 0) is 7.05 Å². The van der Waals surface area contributed by atoms with Gasteiger partial charge >= 0.3 is 0 Å². The van der Waals surface area contributed by atoms with Gasteiger partial charge in [0, 0.05) is 39.4 Å². The van der Waals surface area contributed by atoms with Gasteiger partial charge in [-0.05, 0) is 38.1 Å². The van der Waals surface area contributed by atoms with Crippen molar-refractivity contribution in [2.24, 2.45) is 13.0 Å². The molecule has 1 aromatic rings. The Hall–Kier alpha value is -1.33. The van der Waals surface area contributed by atoms with Crippen molar-refractivity contribution >= 4 is 17.5 Å². The van der Waals surface area contributed by atoms with Gasteiger partial charge in [-0.25, -0.2) is 0 Å². The Morgan fingerprint density at radius 1 is 1.30 bits per heavy atom. The van der Waals surface area contributed by atoms with E-state index in [1.165, 1.54) is 19.3 Å². The summed E-state index contributed by atoms with van der Waals surface area (Å²) in [6.07, 6.45) is 11.0. The monoisotopic (exact) mass is 336 g/mol. The molecule has 126 valence electrons. The fourth-order valence-electron chi connectivity index (χ4n) is 3.50. The maximum absolute atomic E-state index is 12.6. The Kier molecular flexibility index (Phi) is 5.38. The molecule has 1 aliphatic heterocycles. The summed E-state index contributed by atoms with van der Waals surface area (Å²) in [5.74, 6) is 0.727. The van der Waals surface area contributed by atoms with Crippen molar-refractivity contribution in [3.05, 3.63) is 29.1 Å². The lowest BCUT2D eigenvalue weighted by atomic mass is 9.94. The molecule has 0 radical (unpaired) electrons. The topological polar surface area (TPSA) is 41.4 Å². The Balaban J connectivity index is 1.56. The second-order valence-corrected chi connectivity index (χ2v) is 7.00. The van der Waals surface area contributed by atoms with E-state index in [0.29, 0.717) is 10.7 Å². The van der Waals surface area contributed by atoms with E-state index in [4.69, 9.17) is 11.6 Å². The van der Waals surface area contributed by atoms with Crippen molar-refractivity contribution in [1.29, 1.82) is 0 Å². The van der Waals surface area contributed by atoms with E-state index in [1.54, 1.807) is 17.9 Å². The Morgan fingerprint density at radius 2 is 2.17 bits per heavy atom. The van der Waals surface area contributed by atoms with Gasteiger partial charge in [0.25, 0.3) is 5.91 Å². The van der Waals surface area contributed by atoms with Crippen molar-refractivity contribution in [3.8, 4) is 0 Å². The van der Waals surface area contributed by atoms with E-state index >= 15 is 0 Å². The minimum Gasteiger partial charge on any atom is -0.336 e. The molecule has 0 spiro atoms. The smallest absolute Gasteiger partial charge is 0.275 e. The minimum absolute atomic E-state index is 0.0435. The van der Waals surface area contributed by atoms with Crippen LogP contribution in [0.25, 0.3) is 0 Å². The van der Waals surface area contributed by atoms with Gasteiger partial charge in [-0.3, -0.25) is 9.48 Å². The van der Waals surface area contributed by atoms with Crippen LogP contribution in [0.1, 0.15) is 36.2 Å². The molecule has 6 heteroatoms. The average Bonchev–Trinajstić information content (AvgIpc) is 2.74. The summed E-state index contributed by atoms with van der Waals surface area (Å²) in [4.78, 5) is 17.0. The molecule has 0 N–H and O–H groups in total. The fourth-order valence-corrected chi connectivity index (χ4v) is 3.76. The predicted molar refractivity (Wildman–Crippen MR) is 91.7 cm³/mol. The molecule has 1 saturated heterocycles. The molecule has 1 atom stereocenters. The number of halogens is 1. The van der Waals surface area contributed by atoms with E-state index in [2.05, 4.69) is 22.2 Å². The third-order valence-corrected chi connectivity index (χ3v) is 5.03. The Labute approximate surface area is 142 Å². The summed E-state index contributed by atoms with van der Waals surface area (Å²) in [6, 6.07) is 0. The van der Waals surface area contributed by atoms with Crippen molar-refractivity contribution in [2.45, 2.75) is 25.7 Å². The van der Waals surface area contributed by atoms with Crippen LogP contribution in [0.4, 0.5) is 0 Å². The molecule has 23 heavy (non-hydrogen) atoms. The second kappa shape index (κ2) is 7.49. The van der Waals surface area contributed by atoms with E-state index in [-0.39, 0.29) is 5.91 Å². The summed E-state index contributed by atoms with van der Waals surface area (Å²) in [7, 11) is 1.78. The normalized spacial score (nSPS) is 23.0. The number of carbonyl (C=O) groups is 1. The van der Waals surface area contributed by atoms with Crippen molar-refractivity contribution in [1.82, 2.24) is 19.6 Å². The van der Waals surface area contributed by atoms with Crippen LogP contribution in [0.15, 0.2) is 18.3 Å². The van der Waals surface area contributed by atoms with E-state index in [0.717, 1.165) is 45.1 Å². The summed E-state index contributed by atoms with van der Waals surface area (Å²) in [6.45, 7) is 4.70. The maximum atomic E-state index is 12.6. The molecule has 5 nitrogen and oxygen atoms in total. The van der Waals surface area contributed by atoms with Crippen LogP contribution >= 0.6 is 11.6 Å². The number of rotatable bonds is 3. The lowest BCUT2D eigenvalue weighted by Crippen LogP contribution is -2.37. The average molecular weight is 337 g/mol. The van der Waals surface area contributed by atoms with Gasteiger partial charge < -0.3 is 9.80 Å². The zero-order valence-electron chi connectivity index (χ0n) is 13.7. The molecule has 3 rings (SSSR count). The van der Waals surface area contributed by atoms with Gasteiger partial charge in [-0.1, -0.05) is 23.8 Å². The summed E-state index contributed by atoms with van der Waals surface area (Å²) < 4.78 is 1.59. The molecule has 1 aliphatic carbocycles. The summed E-state index contributed by atoms with van der Waals surface area (Å²) in [5, 5.41) is 4.64. The van der Waals surface area contributed by atoms with Crippen molar-refractivity contribution < 1.29 is 4.79 Å². The van der Waals surface area contributed by atoms with Crippen molar-refractivity contribution in [2.75, 3.05) is 32.7 Å². The number of aryl methyl sites for hydroxylation is 1. The van der Waals surface area contributed by atoms with Gasteiger partial charge in [0.15, 0.2) is 5.69 Å². The molecule has 0 bridgehead atoms. The van der Waals surface area contributed by atoms with E-state index in [9.17, 15) is 4.79 Å². The summed E-state index contributed by atoms with van der Waals surface area (Å²) in [5.41, 5.74) is 0.375. The van der Waals surface area contributed by atoms with Crippen LogP contribution in [0.5, 0.6) is 0 Å². The van der Waals surface area contributed by atoms with Crippen LogP contribution < -0.4 is 0 Å². The van der Waals surface area contributed by atoms with Gasteiger partial charge in [-0.2, -0.15) is 5.10 Å². The number of amides is 1. The molecule has 1 amide bonds. The third kappa shape index (κ3) is 4.15. The Morgan fingerprint density at radius 3 is 2.87 bits per heavy atom. The molecular weight excluding hydrogens is 312 g/mol. The van der Waals surface area contributed by atoms with Crippen LogP contribution in [-0.4, -0.2) is 58.2 Å². The molecule has 1 unspecified atom stereocenters. The van der Waals surface area contributed by atoms with Gasteiger partial charge in [-0.15, -0.1) is 0 Å². The minimum atomic E-state index is -0.0435. The zero-order chi connectivity index (χ0) is 16.2. The first-order chi connectivity index (χ1) is 11.1. The van der Waals surface area contributed by atoms with E-state index < -0.39 is 0 Å². The number of hydrogen-bond acceptors (Lipinski definition) is 3. The van der Waals surface area contributed by atoms with Crippen LogP contribution in [0, 0.1) is 5.92 Å². The van der Waals surface area contributed by atoms with E-state index in [1.807, 2.05) is 4.90 Å². The molecule has 2 heterocycles. The molecule has 1 aromatic heterocycles. The number of allylic oxidation sites excluding steroid dienone is 2. The Bertz CT molecular complexity index is 583. The highest BCUT2D eigenvalue weighted by Crippen LogP contribution is 2.21. The number of carbonyl (C=O) groups excluding carboxylic acids is 1. The first-order valence-corrected chi connectivity index (χ1v) is 8.87. The summed E-state index contributed by atoms with van der Waals surface area (Å²) >= 11 is 6.11. The van der Waals surface area contributed by atoms with Crippen LogP contribution in [0.3, 0.4) is 0 Å². The highest BCUT2D eigenvalue weighted by atomic mass is 35.5. The fraction of sp³-hybridized carbons (Fsp3) is 0.647. The van der Waals surface area contributed by atoms with Gasteiger partial charge in [0.2, 0.25) is 0 Å². The molecule has 0 aromatic carbocycles.